The van der Waals surface area contributed by atoms with Crippen LogP contribution in [0, 0.1) is 25.7 Å². The van der Waals surface area contributed by atoms with Crippen LogP contribution in [0.3, 0.4) is 0 Å². The van der Waals surface area contributed by atoms with Crippen molar-refractivity contribution in [2.75, 3.05) is 21.3 Å². The highest BCUT2D eigenvalue weighted by atomic mass is 16.7. The second-order valence-corrected chi connectivity index (χ2v) is 7.97. The van der Waals surface area contributed by atoms with Crippen LogP contribution in [0.2, 0.25) is 0 Å². The van der Waals surface area contributed by atoms with Crippen molar-refractivity contribution in [1.82, 2.24) is 0 Å². The van der Waals surface area contributed by atoms with Gasteiger partial charge in [-0.15, -0.1) is 0 Å². The number of aliphatic hydroxyl groups is 1. The van der Waals surface area contributed by atoms with Crippen molar-refractivity contribution in [1.29, 1.82) is 0 Å². The third kappa shape index (κ3) is 2.20. The normalized spacial score (nSPS) is 38.2. The third-order valence-electron chi connectivity index (χ3n) is 6.78. The van der Waals surface area contributed by atoms with E-state index in [1.54, 1.807) is 6.92 Å². The van der Waals surface area contributed by atoms with E-state index in [2.05, 4.69) is 0 Å². The fourth-order valence-corrected chi connectivity index (χ4v) is 5.68. The van der Waals surface area contributed by atoms with Gasteiger partial charge in [-0.25, -0.2) is 0 Å². The lowest BCUT2D eigenvalue weighted by atomic mass is 9.59. The molecule has 3 rings (SSSR count). The summed E-state index contributed by atoms with van der Waals surface area (Å²) in [6, 6.07) is 1.95. The zero-order valence-corrected chi connectivity index (χ0v) is 17.3. The van der Waals surface area contributed by atoms with Crippen LogP contribution >= 0.6 is 0 Å². The van der Waals surface area contributed by atoms with Gasteiger partial charge in [-0.3, -0.25) is 4.79 Å². The molecule has 1 aromatic heterocycles. The molecule has 1 aromatic rings. The summed E-state index contributed by atoms with van der Waals surface area (Å²) in [6.07, 6.45) is -0.904. The minimum absolute atomic E-state index is 0.354. The smallest absolute Gasteiger partial charge is 0.317 e. The summed E-state index contributed by atoms with van der Waals surface area (Å²) in [6.45, 7) is 9.39. The molecule has 0 unspecified atom stereocenters. The molecule has 7 nitrogen and oxygen atoms in total. The average Bonchev–Trinajstić information content (AvgIpc) is 3.18. The van der Waals surface area contributed by atoms with E-state index in [9.17, 15) is 9.90 Å². The maximum Gasteiger partial charge on any atom is 0.317 e. The van der Waals surface area contributed by atoms with Gasteiger partial charge in [-0.2, -0.15) is 0 Å². The lowest BCUT2D eigenvalue weighted by Gasteiger charge is -2.51. The minimum Gasteiger partial charge on any atom is -0.469 e. The van der Waals surface area contributed by atoms with Crippen LogP contribution in [-0.2, 0) is 23.7 Å². The number of furan rings is 1. The van der Waals surface area contributed by atoms with Crippen molar-refractivity contribution in [2.24, 2.45) is 11.8 Å². The summed E-state index contributed by atoms with van der Waals surface area (Å²) in [5.41, 5.74) is -1.41. The predicted molar refractivity (Wildman–Crippen MR) is 96.2 cm³/mol. The van der Waals surface area contributed by atoms with Crippen LogP contribution in [0.25, 0.3) is 0 Å². The van der Waals surface area contributed by atoms with Crippen LogP contribution in [0.4, 0.5) is 0 Å². The molecular formula is C20H30O7. The Hall–Kier alpha value is -1.41. The lowest BCUT2D eigenvalue weighted by molar-refractivity contribution is -0.308. The van der Waals surface area contributed by atoms with Crippen molar-refractivity contribution in [3.63, 3.8) is 0 Å². The Kier molecular flexibility index (Phi) is 4.75. The van der Waals surface area contributed by atoms with E-state index < -0.39 is 35.0 Å². The third-order valence-corrected chi connectivity index (χ3v) is 6.78. The van der Waals surface area contributed by atoms with E-state index in [4.69, 9.17) is 23.4 Å². The number of aryl methyl sites for hydroxylation is 2. The summed E-state index contributed by atoms with van der Waals surface area (Å²) in [4.78, 5) is 12.8. The molecule has 6 atom stereocenters. The van der Waals surface area contributed by atoms with Gasteiger partial charge in [0.2, 0.25) is 5.79 Å². The quantitative estimate of drug-likeness (QED) is 0.618. The van der Waals surface area contributed by atoms with Gasteiger partial charge in [-0.05, 0) is 32.4 Å². The summed E-state index contributed by atoms with van der Waals surface area (Å²) in [7, 11) is 4.28. The van der Waals surface area contributed by atoms with Gasteiger partial charge in [0, 0.05) is 26.1 Å². The second-order valence-electron chi connectivity index (χ2n) is 7.97. The zero-order chi connectivity index (χ0) is 20.4. The first-order valence-electron chi connectivity index (χ1n) is 9.20. The van der Waals surface area contributed by atoms with Crippen molar-refractivity contribution in [2.45, 2.75) is 63.6 Å². The van der Waals surface area contributed by atoms with Crippen LogP contribution in [0.15, 0.2) is 10.5 Å². The molecule has 2 fully saturated rings. The van der Waals surface area contributed by atoms with Gasteiger partial charge in [0.1, 0.15) is 28.6 Å². The Balaban J connectivity index is 2.27. The van der Waals surface area contributed by atoms with Crippen molar-refractivity contribution >= 4 is 5.97 Å². The zero-order valence-electron chi connectivity index (χ0n) is 17.3. The van der Waals surface area contributed by atoms with Gasteiger partial charge in [0.25, 0.3) is 0 Å². The number of aliphatic hydroxyl groups excluding tert-OH is 1. The lowest BCUT2D eigenvalue weighted by Crippen LogP contribution is -2.69. The highest BCUT2D eigenvalue weighted by Gasteiger charge is 2.85. The topological polar surface area (TPSA) is 87.4 Å². The molecule has 2 bridgehead atoms. The van der Waals surface area contributed by atoms with Crippen molar-refractivity contribution in [3.8, 4) is 0 Å². The standard InChI is InChI=1S/C20H30O7/c1-10-9-11(2)26-14(10)12(3)19-13(4)16(21)18(5,27-19)15(17(22)23-6)20(19,24-7)25-8/h9,12-13,15-16,21H,1-8H3/t12-,13+,15-,16+,18-,19-/m0/s1. The number of hydrogen-bond acceptors (Lipinski definition) is 7. The van der Waals surface area contributed by atoms with E-state index in [1.165, 1.54) is 21.3 Å². The second kappa shape index (κ2) is 6.30. The van der Waals surface area contributed by atoms with E-state index >= 15 is 0 Å². The first-order chi connectivity index (χ1) is 12.6. The van der Waals surface area contributed by atoms with Gasteiger partial charge in [-0.1, -0.05) is 13.8 Å². The molecule has 0 spiro atoms. The van der Waals surface area contributed by atoms with Gasteiger partial charge >= 0.3 is 5.97 Å². The van der Waals surface area contributed by atoms with Crippen molar-refractivity contribution in [3.05, 3.63) is 23.2 Å². The number of rotatable bonds is 5. The molecule has 2 aliphatic heterocycles. The van der Waals surface area contributed by atoms with Gasteiger partial charge in [0.05, 0.1) is 13.2 Å². The number of ether oxygens (including phenoxy) is 4. The van der Waals surface area contributed by atoms with Gasteiger partial charge in [0.15, 0.2) is 0 Å². The van der Waals surface area contributed by atoms with E-state index in [0.717, 1.165) is 17.1 Å². The molecule has 0 amide bonds. The molecule has 0 aliphatic carbocycles. The van der Waals surface area contributed by atoms with Crippen molar-refractivity contribution < 1.29 is 33.3 Å². The predicted octanol–water partition coefficient (Wildman–Crippen LogP) is 2.32. The van der Waals surface area contributed by atoms with Crippen LogP contribution in [0.1, 0.15) is 43.8 Å². The fourth-order valence-electron chi connectivity index (χ4n) is 5.68. The number of methoxy groups -OCH3 is 3. The van der Waals surface area contributed by atoms with E-state index in [-0.39, 0.29) is 11.8 Å². The number of carbonyl (C=O) groups excluding carboxylic acids is 1. The molecule has 0 radical (unpaired) electrons. The molecule has 2 saturated heterocycles. The summed E-state index contributed by atoms with van der Waals surface area (Å²) in [5.74, 6) is -2.19. The molecular weight excluding hydrogens is 352 g/mol. The van der Waals surface area contributed by atoms with Crippen LogP contribution < -0.4 is 0 Å². The highest BCUT2D eigenvalue weighted by molar-refractivity contribution is 5.77. The first-order valence-corrected chi connectivity index (χ1v) is 9.20. The minimum atomic E-state index is -1.44. The Labute approximate surface area is 159 Å². The molecule has 0 saturated carbocycles. The molecule has 2 aliphatic rings. The maximum atomic E-state index is 12.8. The molecule has 3 heterocycles. The molecule has 7 heteroatoms. The largest absolute Gasteiger partial charge is 0.469 e. The molecule has 1 N–H and O–H groups in total. The summed E-state index contributed by atoms with van der Waals surface area (Å²) < 4.78 is 29.3. The van der Waals surface area contributed by atoms with Crippen LogP contribution in [0.5, 0.6) is 0 Å². The summed E-state index contributed by atoms with van der Waals surface area (Å²) >= 11 is 0. The molecule has 0 aromatic carbocycles. The summed E-state index contributed by atoms with van der Waals surface area (Å²) in [5, 5.41) is 11.0. The Morgan fingerprint density at radius 1 is 1.26 bits per heavy atom. The average molecular weight is 382 g/mol. The number of fused-ring (bicyclic) bond motifs is 2. The van der Waals surface area contributed by atoms with Crippen LogP contribution in [-0.4, -0.2) is 55.5 Å². The Bertz CT molecular complexity index is 737. The first kappa shape index (κ1) is 20.3. The molecule has 27 heavy (non-hydrogen) atoms. The number of hydrogen-bond donors (Lipinski definition) is 1. The highest BCUT2D eigenvalue weighted by Crippen LogP contribution is 2.67. The van der Waals surface area contributed by atoms with E-state index in [1.807, 2.05) is 33.8 Å². The maximum absolute atomic E-state index is 12.8. The monoisotopic (exact) mass is 382 g/mol. The SMILES string of the molecule is COC(=O)[C@@H]1C(OC)(OC)[C@@]2([C@@H](C)c3oc(C)cc3C)O[C@]1(C)[C@H](O)[C@H]2C. The van der Waals surface area contributed by atoms with Gasteiger partial charge < -0.3 is 28.5 Å². The number of esters is 1. The fraction of sp³-hybridized carbons (Fsp3) is 0.750. The Morgan fingerprint density at radius 2 is 1.85 bits per heavy atom. The number of carbonyl (C=O) groups is 1. The Morgan fingerprint density at radius 3 is 2.30 bits per heavy atom. The molecule has 152 valence electrons. The van der Waals surface area contributed by atoms with E-state index in [0.29, 0.717) is 0 Å².